The molecule has 0 bridgehead atoms. The van der Waals surface area contributed by atoms with Crippen LogP contribution in [0.25, 0.3) is 0 Å². The van der Waals surface area contributed by atoms with Gasteiger partial charge in [0.25, 0.3) is 5.91 Å². The number of carbonyl (C=O) groups excluding carboxylic acids is 3. The number of nitrogens with one attached hydrogen (secondary N) is 2. The van der Waals surface area contributed by atoms with Crippen LogP contribution in [0.3, 0.4) is 0 Å². The monoisotopic (exact) mass is 463 g/mol. The number of ketones is 1. The van der Waals surface area contributed by atoms with Crippen molar-refractivity contribution in [1.82, 2.24) is 20.2 Å². The highest BCUT2D eigenvalue weighted by Gasteiger charge is 2.24. The minimum atomic E-state index is -0.318. The van der Waals surface area contributed by atoms with Crippen molar-refractivity contribution in [2.24, 2.45) is 11.8 Å². The number of aromatic nitrogens is 2. The molecule has 1 fully saturated rings. The highest BCUT2D eigenvalue weighted by molar-refractivity contribution is 5.93. The number of aldehydes is 1. The third kappa shape index (κ3) is 6.26. The van der Waals surface area contributed by atoms with Crippen molar-refractivity contribution in [2.75, 3.05) is 25.0 Å². The quantitative estimate of drug-likeness (QED) is 0.551. The van der Waals surface area contributed by atoms with Gasteiger partial charge in [-0.15, -0.1) is 0 Å². The van der Waals surface area contributed by atoms with Crippen LogP contribution in [0, 0.1) is 11.8 Å². The molecule has 0 radical (unpaired) electrons. The fourth-order valence-electron chi connectivity index (χ4n) is 4.93. The molecule has 2 N–H and O–H groups in total. The first kappa shape index (κ1) is 24.0. The Balaban J connectivity index is 1.26. The summed E-state index contributed by atoms with van der Waals surface area (Å²) in [6.45, 7) is 4.27. The zero-order chi connectivity index (χ0) is 23.9. The molecule has 34 heavy (non-hydrogen) atoms. The normalized spacial score (nSPS) is 21.2. The topological polar surface area (TPSA) is 104 Å². The van der Waals surface area contributed by atoms with Crippen LogP contribution < -0.4 is 10.6 Å². The highest BCUT2D eigenvalue weighted by atomic mass is 16.2. The number of rotatable bonds is 9. The van der Waals surface area contributed by atoms with E-state index in [4.69, 9.17) is 0 Å². The van der Waals surface area contributed by atoms with Gasteiger partial charge in [-0.05, 0) is 50.2 Å². The van der Waals surface area contributed by atoms with Crippen molar-refractivity contribution < 1.29 is 14.4 Å². The molecule has 180 valence electrons. The second-order valence-corrected chi connectivity index (χ2v) is 9.45. The molecule has 1 amide bonds. The van der Waals surface area contributed by atoms with E-state index in [9.17, 15) is 14.4 Å². The summed E-state index contributed by atoms with van der Waals surface area (Å²) in [6.07, 6.45) is 6.82. The van der Waals surface area contributed by atoms with Crippen LogP contribution in [-0.4, -0.2) is 58.5 Å². The Kier molecular flexibility index (Phi) is 8.00. The van der Waals surface area contributed by atoms with E-state index in [1.165, 1.54) is 17.5 Å². The van der Waals surface area contributed by atoms with Crippen LogP contribution in [0.4, 0.5) is 5.82 Å². The van der Waals surface area contributed by atoms with Gasteiger partial charge in [0, 0.05) is 50.1 Å². The third-order valence-corrected chi connectivity index (χ3v) is 6.97. The summed E-state index contributed by atoms with van der Waals surface area (Å²) in [5.41, 5.74) is 2.94. The molecule has 4 rings (SSSR count). The van der Waals surface area contributed by atoms with Gasteiger partial charge in [0.05, 0.1) is 0 Å². The van der Waals surface area contributed by atoms with Gasteiger partial charge >= 0.3 is 0 Å². The fourth-order valence-corrected chi connectivity index (χ4v) is 4.93. The van der Waals surface area contributed by atoms with E-state index >= 15 is 0 Å². The molecule has 8 heteroatoms. The van der Waals surface area contributed by atoms with Crippen LogP contribution in [0.15, 0.2) is 36.7 Å². The number of hydrogen-bond acceptors (Lipinski definition) is 7. The second kappa shape index (κ2) is 11.3. The fraction of sp³-hybridized carbons (Fsp3) is 0.500. The summed E-state index contributed by atoms with van der Waals surface area (Å²) in [7, 11) is 0. The van der Waals surface area contributed by atoms with E-state index in [1.807, 2.05) is 6.07 Å². The molecule has 8 nitrogen and oxygen atoms in total. The Morgan fingerprint density at radius 1 is 1.15 bits per heavy atom. The van der Waals surface area contributed by atoms with Crippen LogP contribution in [-0.2, 0) is 22.6 Å². The van der Waals surface area contributed by atoms with Crippen molar-refractivity contribution in [3.05, 3.63) is 53.5 Å². The third-order valence-electron chi connectivity index (χ3n) is 6.97. The molecule has 1 aromatic heterocycles. The smallest absolute Gasteiger partial charge is 0.270 e. The molecule has 1 saturated carbocycles. The van der Waals surface area contributed by atoms with Crippen molar-refractivity contribution >= 4 is 23.8 Å². The number of benzene rings is 1. The van der Waals surface area contributed by atoms with Gasteiger partial charge in [-0.25, -0.2) is 9.97 Å². The van der Waals surface area contributed by atoms with Gasteiger partial charge in [0.2, 0.25) is 0 Å². The van der Waals surface area contributed by atoms with Crippen molar-refractivity contribution in [3.63, 3.8) is 0 Å². The van der Waals surface area contributed by atoms with Gasteiger partial charge in [-0.2, -0.15) is 0 Å². The van der Waals surface area contributed by atoms with Gasteiger partial charge in [0.1, 0.15) is 29.9 Å². The van der Waals surface area contributed by atoms with E-state index < -0.39 is 0 Å². The maximum Gasteiger partial charge on any atom is 0.270 e. The predicted octanol–water partition coefficient (Wildman–Crippen LogP) is 2.64. The van der Waals surface area contributed by atoms with Crippen LogP contribution in [0.2, 0.25) is 0 Å². The molecule has 2 aliphatic rings. The molecule has 0 spiro atoms. The molecule has 1 aliphatic heterocycles. The number of fused-ring (bicyclic) bond motifs is 1. The van der Waals surface area contributed by atoms with Crippen molar-refractivity contribution in [3.8, 4) is 0 Å². The summed E-state index contributed by atoms with van der Waals surface area (Å²) >= 11 is 0. The lowest BCUT2D eigenvalue weighted by Gasteiger charge is -2.30. The first-order valence-electron chi connectivity index (χ1n) is 12.1. The van der Waals surface area contributed by atoms with Crippen molar-refractivity contribution in [2.45, 2.75) is 51.6 Å². The minimum absolute atomic E-state index is 0.162. The lowest BCUT2D eigenvalue weighted by molar-refractivity contribution is -0.121. The molecular weight excluding hydrogens is 430 g/mol. The number of nitrogens with zero attached hydrogens (tertiary/aromatic N) is 3. The zero-order valence-electron chi connectivity index (χ0n) is 19.7. The Morgan fingerprint density at radius 2 is 1.91 bits per heavy atom. The predicted molar refractivity (Wildman–Crippen MR) is 129 cm³/mol. The Bertz CT molecular complexity index is 1020. The van der Waals surface area contributed by atoms with E-state index in [0.717, 1.165) is 51.5 Å². The molecule has 1 aliphatic carbocycles. The Labute approximate surface area is 200 Å². The lowest BCUT2D eigenvalue weighted by atomic mass is 9.84. The lowest BCUT2D eigenvalue weighted by Crippen LogP contribution is -2.40. The second-order valence-electron chi connectivity index (χ2n) is 9.45. The number of Topliss-reactive ketones (excluding diaryl/α,β-unsaturated/α-hetero) is 1. The molecular formula is C26H33N5O3. The average molecular weight is 464 g/mol. The molecule has 2 heterocycles. The maximum absolute atomic E-state index is 12.7. The molecule has 2 aromatic rings. The summed E-state index contributed by atoms with van der Waals surface area (Å²) in [5.74, 6) is 0.422. The maximum atomic E-state index is 12.7. The number of carbonyl (C=O) groups is 3. The Morgan fingerprint density at radius 3 is 2.65 bits per heavy atom. The number of amides is 1. The summed E-state index contributed by atoms with van der Waals surface area (Å²) in [4.78, 5) is 46.5. The van der Waals surface area contributed by atoms with Crippen LogP contribution >= 0.6 is 0 Å². The SMILES string of the molecule is CC(=O)C1CCC(Nc2cc(C(=O)NCC(C=O)CN3CCc4ccccc4C3)ncn2)CC1. The average Bonchev–Trinajstić information content (AvgIpc) is 2.86. The zero-order valence-corrected chi connectivity index (χ0v) is 19.7. The number of hydrogen-bond donors (Lipinski definition) is 2. The first-order chi connectivity index (χ1) is 16.5. The van der Waals surface area contributed by atoms with E-state index in [-0.39, 0.29) is 41.8 Å². The van der Waals surface area contributed by atoms with E-state index in [1.54, 1.807) is 13.0 Å². The van der Waals surface area contributed by atoms with Gasteiger partial charge in [-0.3, -0.25) is 14.5 Å². The standard InChI is InChI=1S/C26H33N5O3/c1-18(33)20-6-8-23(9-7-20)30-25-12-24(28-17-29-25)26(34)27-13-19(16-32)14-31-11-10-21-4-2-3-5-22(21)15-31/h2-5,12,16-17,19-20,23H,6-11,13-15H2,1H3,(H,27,34)(H,28,29,30). The van der Waals surface area contributed by atoms with Gasteiger partial charge in [0.15, 0.2) is 0 Å². The Hall–Kier alpha value is -3.13. The first-order valence-corrected chi connectivity index (χ1v) is 12.1. The van der Waals surface area contributed by atoms with E-state index in [2.05, 4.69) is 43.7 Å². The summed E-state index contributed by atoms with van der Waals surface area (Å²) in [6, 6.07) is 10.3. The molecule has 1 unspecified atom stereocenters. The molecule has 1 atom stereocenters. The van der Waals surface area contributed by atoms with Crippen LogP contribution in [0.1, 0.15) is 54.2 Å². The summed E-state index contributed by atoms with van der Waals surface area (Å²) < 4.78 is 0. The van der Waals surface area contributed by atoms with Gasteiger partial charge < -0.3 is 15.4 Å². The molecule has 1 aromatic carbocycles. The highest BCUT2D eigenvalue weighted by Crippen LogP contribution is 2.27. The largest absolute Gasteiger partial charge is 0.367 e. The minimum Gasteiger partial charge on any atom is -0.367 e. The summed E-state index contributed by atoms with van der Waals surface area (Å²) in [5, 5.41) is 6.22. The van der Waals surface area contributed by atoms with Crippen molar-refractivity contribution in [1.29, 1.82) is 0 Å². The number of anilines is 1. The van der Waals surface area contributed by atoms with Gasteiger partial charge in [-0.1, -0.05) is 24.3 Å². The molecule has 0 saturated heterocycles. The van der Waals surface area contributed by atoms with Crippen LogP contribution in [0.5, 0.6) is 0 Å². The van der Waals surface area contributed by atoms with E-state index in [0.29, 0.717) is 12.4 Å².